The van der Waals surface area contributed by atoms with Crippen LogP contribution in [0.2, 0.25) is 0 Å². The van der Waals surface area contributed by atoms with Crippen molar-refractivity contribution in [2.24, 2.45) is 5.92 Å². The van der Waals surface area contributed by atoms with Crippen molar-refractivity contribution < 1.29 is 24.5 Å². The van der Waals surface area contributed by atoms with Gasteiger partial charge in [0.15, 0.2) is 0 Å². The highest BCUT2D eigenvalue weighted by atomic mass is 32.2. The molecule has 2 unspecified atom stereocenters. The van der Waals surface area contributed by atoms with Crippen molar-refractivity contribution in [3.8, 4) is 0 Å². The van der Waals surface area contributed by atoms with Gasteiger partial charge in [0.25, 0.3) is 5.24 Å². The number of benzene rings is 1. The Bertz CT molecular complexity index is 701. The first-order valence-electron chi connectivity index (χ1n) is 8.44. The summed E-state index contributed by atoms with van der Waals surface area (Å²) >= 11 is 0.948. The highest BCUT2D eigenvalue weighted by molar-refractivity contribution is 8.15. The van der Waals surface area contributed by atoms with Gasteiger partial charge in [-0.1, -0.05) is 50.3 Å². The van der Waals surface area contributed by atoms with Crippen LogP contribution in [-0.4, -0.2) is 16.4 Å². The maximum atomic E-state index is 11.7. The number of imide groups is 1. The summed E-state index contributed by atoms with van der Waals surface area (Å²) in [5.41, 5.74) is 1.50. The number of nitrogens with one attached hydrogen (secondary N) is 1. The van der Waals surface area contributed by atoms with Crippen LogP contribution in [0.15, 0.2) is 61.6 Å². The van der Waals surface area contributed by atoms with Gasteiger partial charge in [0.05, 0.1) is 0 Å². The average Bonchev–Trinajstić information content (AvgIpc) is 3.03. The lowest BCUT2D eigenvalue weighted by Gasteiger charge is -2.11. The molecule has 0 radical (unpaired) electrons. The summed E-state index contributed by atoms with van der Waals surface area (Å²) in [7, 11) is 0. The summed E-state index contributed by atoms with van der Waals surface area (Å²) in [6.07, 6.45) is 6.21. The summed E-state index contributed by atoms with van der Waals surface area (Å²) in [4.78, 5) is 27.1. The van der Waals surface area contributed by atoms with Gasteiger partial charge in [0, 0.05) is 6.08 Å². The summed E-state index contributed by atoms with van der Waals surface area (Å²) in [6, 6.07) is 7.15. The molecule has 1 heterocycles. The van der Waals surface area contributed by atoms with E-state index in [-0.39, 0.29) is 29.6 Å². The van der Waals surface area contributed by atoms with Gasteiger partial charge in [0.2, 0.25) is 5.91 Å². The molecular formula is C20H25NO5S. The van der Waals surface area contributed by atoms with E-state index in [4.69, 9.17) is 9.99 Å². The molecule has 0 saturated carbocycles. The number of hydrogen-bond donors (Lipinski definition) is 2. The highest BCUT2D eigenvalue weighted by Crippen LogP contribution is 2.34. The Balaban J connectivity index is 0.000000828. The first-order valence-corrected chi connectivity index (χ1v) is 9.32. The highest BCUT2D eigenvalue weighted by Gasteiger charge is 2.32. The van der Waals surface area contributed by atoms with E-state index in [1.54, 1.807) is 30.4 Å². The molecule has 27 heavy (non-hydrogen) atoms. The van der Waals surface area contributed by atoms with Crippen LogP contribution < -0.4 is 5.32 Å². The molecule has 2 atom stereocenters. The van der Waals surface area contributed by atoms with Gasteiger partial charge in [-0.25, -0.2) is 0 Å². The van der Waals surface area contributed by atoms with Crippen LogP contribution in [0, 0.1) is 5.92 Å². The van der Waals surface area contributed by atoms with Crippen molar-refractivity contribution in [2.45, 2.75) is 32.1 Å². The first-order chi connectivity index (χ1) is 12.9. The molecule has 0 spiro atoms. The zero-order valence-corrected chi connectivity index (χ0v) is 16.3. The fraction of sp³-hybridized carbons (Fsp3) is 0.300. The second kappa shape index (κ2) is 12.0. The van der Waals surface area contributed by atoms with Crippen LogP contribution >= 0.6 is 11.8 Å². The van der Waals surface area contributed by atoms with Crippen LogP contribution in [0.25, 0.3) is 0 Å². The Morgan fingerprint density at radius 1 is 1.41 bits per heavy atom. The van der Waals surface area contributed by atoms with Crippen molar-refractivity contribution in [1.29, 1.82) is 0 Å². The first kappa shape index (κ1) is 22.5. The summed E-state index contributed by atoms with van der Waals surface area (Å²) in [6.45, 7) is 11.2. The van der Waals surface area contributed by atoms with Gasteiger partial charge in [-0.05, 0) is 35.2 Å². The third-order valence-electron chi connectivity index (χ3n) is 3.47. The standard InChI is InChI=1S/C16H17NO5S.C4H8/c1-3-10(2)7-13(22-20)21-9-11-5-4-6-12(8-11)14-15(18)17-16(19)23-14;1-3-4-2/h3-8,10,14,20H,1,9H2,2H3,(H,17,18,19);3H,1,4H2,2H3/b13-7-;. The summed E-state index contributed by atoms with van der Waals surface area (Å²) < 4.78 is 5.38. The van der Waals surface area contributed by atoms with Crippen LogP contribution in [0.5, 0.6) is 0 Å². The molecule has 1 aliphatic rings. The van der Waals surface area contributed by atoms with Gasteiger partial charge in [-0.15, -0.1) is 13.2 Å². The minimum absolute atomic E-state index is 0.0203. The minimum Gasteiger partial charge on any atom is -0.459 e. The lowest BCUT2D eigenvalue weighted by atomic mass is 10.1. The molecule has 1 saturated heterocycles. The number of allylic oxidation sites excluding steroid dienone is 3. The van der Waals surface area contributed by atoms with Crippen LogP contribution in [0.3, 0.4) is 0 Å². The zero-order valence-electron chi connectivity index (χ0n) is 15.5. The monoisotopic (exact) mass is 391 g/mol. The molecule has 0 aromatic heterocycles. The second-order valence-corrected chi connectivity index (χ2v) is 6.75. The summed E-state index contributed by atoms with van der Waals surface area (Å²) in [5.74, 6) is -0.365. The number of ether oxygens (including phenoxy) is 1. The normalized spacial score (nSPS) is 17.3. The molecule has 1 fully saturated rings. The zero-order chi connectivity index (χ0) is 20.2. The quantitative estimate of drug-likeness (QED) is 0.282. The Labute approximate surface area is 163 Å². The van der Waals surface area contributed by atoms with Gasteiger partial charge in [0.1, 0.15) is 11.9 Å². The average molecular weight is 391 g/mol. The van der Waals surface area contributed by atoms with Gasteiger partial charge >= 0.3 is 5.95 Å². The van der Waals surface area contributed by atoms with E-state index in [2.05, 4.69) is 30.3 Å². The van der Waals surface area contributed by atoms with Crippen LogP contribution in [0.4, 0.5) is 4.79 Å². The minimum atomic E-state index is -0.549. The molecule has 1 aromatic carbocycles. The maximum absolute atomic E-state index is 11.7. The number of carbonyl (C=O) groups is 2. The number of amides is 2. The molecule has 0 aliphatic carbocycles. The van der Waals surface area contributed by atoms with Crippen molar-refractivity contribution in [3.05, 3.63) is 72.7 Å². The number of hydrogen-bond acceptors (Lipinski definition) is 6. The van der Waals surface area contributed by atoms with E-state index in [0.717, 1.165) is 23.7 Å². The Morgan fingerprint density at radius 3 is 2.63 bits per heavy atom. The summed E-state index contributed by atoms with van der Waals surface area (Å²) in [5, 5.41) is 10.2. The van der Waals surface area contributed by atoms with E-state index < -0.39 is 5.25 Å². The van der Waals surface area contributed by atoms with Gasteiger partial charge in [-0.3, -0.25) is 14.9 Å². The van der Waals surface area contributed by atoms with E-state index >= 15 is 0 Å². The molecule has 1 aliphatic heterocycles. The Morgan fingerprint density at radius 2 is 2.11 bits per heavy atom. The molecular weight excluding hydrogens is 366 g/mol. The van der Waals surface area contributed by atoms with Crippen molar-refractivity contribution in [1.82, 2.24) is 5.32 Å². The van der Waals surface area contributed by atoms with Crippen molar-refractivity contribution >= 4 is 22.9 Å². The fourth-order valence-corrected chi connectivity index (χ4v) is 2.79. The Kier molecular flexibility index (Phi) is 10.00. The third-order valence-corrected chi connectivity index (χ3v) is 4.51. The lowest BCUT2D eigenvalue weighted by molar-refractivity contribution is -0.246. The number of rotatable bonds is 8. The van der Waals surface area contributed by atoms with E-state index in [9.17, 15) is 9.59 Å². The molecule has 2 rings (SSSR count). The molecule has 2 N–H and O–H groups in total. The van der Waals surface area contributed by atoms with Crippen LogP contribution in [0.1, 0.15) is 36.6 Å². The van der Waals surface area contributed by atoms with Gasteiger partial charge < -0.3 is 9.62 Å². The molecule has 146 valence electrons. The van der Waals surface area contributed by atoms with Gasteiger partial charge in [-0.2, -0.15) is 5.26 Å². The second-order valence-electron chi connectivity index (χ2n) is 5.68. The predicted octanol–water partition coefficient (Wildman–Crippen LogP) is 4.96. The largest absolute Gasteiger partial charge is 0.459 e. The van der Waals surface area contributed by atoms with Crippen molar-refractivity contribution in [2.75, 3.05) is 0 Å². The smallest absolute Gasteiger partial charge is 0.313 e. The predicted molar refractivity (Wildman–Crippen MR) is 107 cm³/mol. The third kappa shape index (κ3) is 7.72. The van der Waals surface area contributed by atoms with E-state index in [0.29, 0.717) is 5.56 Å². The number of thioether (sulfide) groups is 1. The molecule has 7 heteroatoms. The SMILES string of the molecule is C=CC(C)/C=C(\OO)OCc1cccc(C2SC(=O)NC2=O)c1.C=CCC. The maximum Gasteiger partial charge on any atom is 0.313 e. The van der Waals surface area contributed by atoms with Crippen molar-refractivity contribution in [3.63, 3.8) is 0 Å². The fourth-order valence-electron chi connectivity index (χ4n) is 1.96. The van der Waals surface area contributed by atoms with Crippen LogP contribution in [-0.2, 0) is 21.0 Å². The topological polar surface area (TPSA) is 84.9 Å². The molecule has 1 aromatic rings. The number of carbonyl (C=O) groups excluding carboxylic acids is 2. The Hall–Kier alpha value is -2.51. The van der Waals surface area contributed by atoms with E-state index in [1.165, 1.54) is 0 Å². The molecule has 0 bridgehead atoms. The van der Waals surface area contributed by atoms with E-state index in [1.807, 2.05) is 19.1 Å². The molecule has 6 nitrogen and oxygen atoms in total. The molecule has 2 amide bonds. The lowest BCUT2D eigenvalue weighted by Crippen LogP contribution is -2.20.